The van der Waals surface area contributed by atoms with Crippen LogP contribution >= 0.6 is 22.9 Å². The number of aryl methyl sites for hydroxylation is 1. The highest BCUT2D eigenvalue weighted by molar-refractivity contribution is 7.12. The molecule has 0 aliphatic carbocycles. The second-order valence-corrected chi connectivity index (χ2v) is 6.23. The highest BCUT2D eigenvalue weighted by Gasteiger charge is 2.13. The molecule has 0 aliphatic rings. The van der Waals surface area contributed by atoms with Crippen LogP contribution in [0.15, 0.2) is 36.4 Å². The Morgan fingerprint density at radius 3 is 2.42 bits per heavy atom. The van der Waals surface area contributed by atoms with Gasteiger partial charge in [0.05, 0.1) is 0 Å². The Labute approximate surface area is 124 Å². The van der Waals surface area contributed by atoms with E-state index in [4.69, 9.17) is 11.6 Å². The van der Waals surface area contributed by atoms with Crippen molar-refractivity contribution in [3.63, 3.8) is 0 Å². The molecule has 1 unspecified atom stereocenters. The fourth-order valence-electron chi connectivity index (χ4n) is 2.15. The van der Waals surface area contributed by atoms with Crippen LogP contribution in [0.5, 0.6) is 0 Å². The van der Waals surface area contributed by atoms with Crippen molar-refractivity contribution in [2.75, 3.05) is 6.54 Å². The van der Waals surface area contributed by atoms with Gasteiger partial charge < -0.3 is 5.32 Å². The summed E-state index contributed by atoms with van der Waals surface area (Å²) in [6.45, 7) is 5.35. The van der Waals surface area contributed by atoms with E-state index in [9.17, 15) is 0 Å². The van der Waals surface area contributed by atoms with Gasteiger partial charge in [0, 0.05) is 20.8 Å². The lowest BCUT2D eigenvalue weighted by Gasteiger charge is -2.16. The Hall–Kier alpha value is -0.830. The van der Waals surface area contributed by atoms with Crippen molar-refractivity contribution in [2.45, 2.75) is 32.7 Å². The summed E-state index contributed by atoms with van der Waals surface area (Å²) in [5.74, 6) is 0. The molecule has 0 fully saturated rings. The van der Waals surface area contributed by atoms with Gasteiger partial charge in [-0.15, -0.1) is 11.3 Å². The van der Waals surface area contributed by atoms with E-state index in [1.165, 1.54) is 15.3 Å². The molecule has 0 saturated carbocycles. The molecule has 102 valence electrons. The summed E-state index contributed by atoms with van der Waals surface area (Å²) in [6.07, 6.45) is 2.12. The van der Waals surface area contributed by atoms with Crippen LogP contribution in [0.4, 0.5) is 0 Å². The van der Waals surface area contributed by atoms with Crippen LogP contribution in [0.3, 0.4) is 0 Å². The number of halogens is 1. The highest BCUT2D eigenvalue weighted by Crippen LogP contribution is 2.26. The zero-order valence-corrected chi connectivity index (χ0v) is 13.0. The third-order valence-electron chi connectivity index (χ3n) is 3.18. The molecule has 2 aromatic rings. The quantitative estimate of drug-likeness (QED) is 0.802. The van der Waals surface area contributed by atoms with Gasteiger partial charge in [-0.2, -0.15) is 0 Å². The average molecular weight is 294 g/mol. The zero-order valence-electron chi connectivity index (χ0n) is 11.4. The topological polar surface area (TPSA) is 12.0 Å². The fourth-order valence-corrected chi connectivity index (χ4v) is 3.30. The maximum Gasteiger partial charge on any atom is 0.0455 e. The molecule has 1 heterocycles. The lowest BCUT2D eigenvalue weighted by molar-refractivity contribution is 0.558. The largest absolute Gasteiger partial charge is 0.309 e. The SMILES string of the molecule is CCNC(Cc1ccc(Cl)cc1)c1ccc(CC)s1. The van der Waals surface area contributed by atoms with Gasteiger partial charge in [0.1, 0.15) is 0 Å². The first-order valence-electron chi connectivity index (χ1n) is 6.79. The molecule has 0 amide bonds. The minimum absolute atomic E-state index is 0.400. The van der Waals surface area contributed by atoms with Gasteiger partial charge in [0.2, 0.25) is 0 Å². The Morgan fingerprint density at radius 1 is 1.11 bits per heavy atom. The van der Waals surface area contributed by atoms with E-state index in [0.717, 1.165) is 24.4 Å². The molecular weight excluding hydrogens is 274 g/mol. The van der Waals surface area contributed by atoms with Crippen molar-refractivity contribution in [3.8, 4) is 0 Å². The van der Waals surface area contributed by atoms with Crippen molar-refractivity contribution < 1.29 is 0 Å². The van der Waals surface area contributed by atoms with Gasteiger partial charge in [0.25, 0.3) is 0 Å². The predicted octanol–water partition coefficient (Wildman–Crippen LogP) is 4.86. The molecule has 0 spiro atoms. The molecule has 0 saturated heterocycles. The van der Waals surface area contributed by atoms with Crippen LogP contribution in [-0.4, -0.2) is 6.54 Å². The van der Waals surface area contributed by atoms with Crippen molar-refractivity contribution in [1.82, 2.24) is 5.32 Å². The van der Waals surface area contributed by atoms with E-state index >= 15 is 0 Å². The average Bonchev–Trinajstić information content (AvgIpc) is 2.89. The molecule has 19 heavy (non-hydrogen) atoms. The summed E-state index contributed by atoms with van der Waals surface area (Å²) in [5.41, 5.74) is 1.32. The summed E-state index contributed by atoms with van der Waals surface area (Å²) in [7, 11) is 0. The molecule has 0 aliphatic heterocycles. The molecular formula is C16H20ClNS. The normalized spacial score (nSPS) is 12.6. The number of likely N-dealkylation sites (N-methyl/N-ethyl adjacent to an activating group) is 1. The standard InChI is InChI=1S/C16H20ClNS/c1-3-14-9-10-16(19-14)15(18-4-2)11-12-5-7-13(17)8-6-12/h5-10,15,18H,3-4,11H2,1-2H3. The number of nitrogens with one attached hydrogen (secondary N) is 1. The van der Waals surface area contributed by atoms with Crippen molar-refractivity contribution in [1.29, 1.82) is 0 Å². The van der Waals surface area contributed by atoms with Gasteiger partial charge in [-0.25, -0.2) is 0 Å². The first kappa shape index (κ1) is 14.6. The van der Waals surface area contributed by atoms with Crippen molar-refractivity contribution in [2.24, 2.45) is 0 Å². The van der Waals surface area contributed by atoms with Gasteiger partial charge >= 0.3 is 0 Å². The van der Waals surface area contributed by atoms with Gasteiger partial charge in [-0.1, -0.05) is 37.6 Å². The first-order chi connectivity index (χ1) is 9.22. The molecule has 1 nitrogen and oxygen atoms in total. The molecule has 1 aromatic heterocycles. The number of hydrogen-bond donors (Lipinski definition) is 1. The van der Waals surface area contributed by atoms with Crippen LogP contribution in [-0.2, 0) is 12.8 Å². The predicted molar refractivity (Wildman–Crippen MR) is 85.3 cm³/mol. The monoisotopic (exact) mass is 293 g/mol. The highest BCUT2D eigenvalue weighted by atomic mass is 35.5. The molecule has 1 N–H and O–H groups in total. The Bertz CT molecular complexity index is 504. The molecule has 2 rings (SSSR count). The summed E-state index contributed by atoms with van der Waals surface area (Å²) < 4.78 is 0. The smallest absolute Gasteiger partial charge is 0.0455 e. The first-order valence-corrected chi connectivity index (χ1v) is 7.98. The number of benzene rings is 1. The van der Waals surface area contributed by atoms with Gasteiger partial charge in [0.15, 0.2) is 0 Å². The second kappa shape index (κ2) is 7.09. The third-order valence-corrected chi connectivity index (χ3v) is 4.77. The minimum atomic E-state index is 0.400. The van der Waals surface area contributed by atoms with Gasteiger partial charge in [-0.3, -0.25) is 0 Å². The lowest BCUT2D eigenvalue weighted by atomic mass is 10.0. The van der Waals surface area contributed by atoms with E-state index in [1.807, 2.05) is 23.5 Å². The number of hydrogen-bond acceptors (Lipinski definition) is 2. The van der Waals surface area contributed by atoms with Crippen LogP contribution in [0.25, 0.3) is 0 Å². The van der Waals surface area contributed by atoms with E-state index < -0.39 is 0 Å². The summed E-state index contributed by atoms with van der Waals surface area (Å²) in [5, 5.41) is 4.38. The Kier molecular flexibility index (Phi) is 5.44. The van der Waals surface area contributed by atoms with Crippen LogP contribution in [0.2, 0.25) is 5.02 Å². The summed E-state index contributed by atoms with van der Waals surface area (Å²) in [4.78, 5) is 2.88. The molecule has 3 heteroatoms. The van der Waals surface area contributed by atoms with E-state index in [-0.39, 0.29) is 0 Å². The Balaban J connectivity index is 2.13. The van der Waals surface area contributed by atoms with Crippen molar-refractivity contribution in [3.05, 3.63) is 56.7 Å². The molecule has 1 atom stereocenters. The maximum atomic E-state index is 5.93. The molecule has 1 aromatic carbocycles. The van der Waals surface area contributed by atoms with E-state index in [2.05, 4.69) is 43.4 Å². The minimum Gasteiger partial charge on any atom is -0.309 e. The van der Waals surface area contributed by atoms with Crippen LogP contribution < -0.4 is 5.32 Å². The zero-order chi connectivity index (χ0) is 13.7. The second-order valence-electron chi connectivity index (χ2n) is 4.60. The van der Waals surface area contributed by atoms with E-state index in [0.29, 0.717) is 6.04 Å². The summed E-state index contributed by atoms with van der Waals surface area (Å²) in [6, 6.07) is 13.1. The fraction of sp³-hybridized carbons (Fsp3) is 0.375. The van der Waals surface area contributed by atoms with E-state index in [1.54, 1.807) is 0 Å². The Morgan fingerprint density at radius 2 is 1.84 bits per heavy atom. The lowest BCUT2D eigenvalue weighted by Crippen LogP contribution is -2.22. The van der Waals surface area contributed by atoms with Crippen molar-refractivity contribution >= 4 is 22.9 Å². The maximum absolute atomic E-state index is 5.93. The molecule has 0 radical (unpaired) electrons. The number of thiophene rings is 1. The summed E-state index contributed by atoms with van der Waals surface area (Å²) >= 11 is 7.85. The van der Waals surface area contributed by atoms with Crippen LogP contribution in [0.1, 0.15) is 35.2 Å². The molecule has 0 bridgehead atoms. The number of rotatable bonds is 6. The van der Waals surface area contributed by atoms with Crippen LogP contribution in [0, 0.1) is 0 Å². The van der Waals surface area contributed by atoms with Gasteiger partial charge in [-0.05, 0) is 49.2 Å². The third kappa shape index (κ3) is 4.07.